The Morgan fingerprint density at radius 2 is 1.61 bits per heavy atom. The highest BCUT2D eigenvalue weighted by molar-refractivity contribution is 8.30. The van der Waals surface area contributed by atoms with Crippen molar-refractivity contribution in [1.82, 2.24) is 9.47 Å². The van der Waals surface area contributed by atoms with Crippen LogP contribution in [-0.4, -0.2) is 32.8 Å². The van der Waals surface area contributed by atoms with Crippen LogP contribution in [0.15, 0.2) is 69.3 Å². The third-order valence-corrected chi connectivity index (χ3v) is 9.96. The summed E-state index contributed by atoms with van der Waals surface area (Å²) in [5.74, 6) is -0.117. The van der Waals surface area contributed by atoms with Gasteiger partial charge in [-0.15, -0.1) is 11.3 Å². The van der Waals surface area contributed by atoms with Crippen LogP contribution >= 0.6 is 47.1 Å². The quantitative estimate of drug-likeness (QED) is 0.423. The number of rotatable bonds is 5. The Labute approximate surface area is 227 Å². The molecule has 3 heterocycles. The first-order chi connectivity index (χ1) is 17.5. The van der Waals surface area contributed by atoms with Crippen molar-refractivity contribution in [2.75, 3.05) is 18.0 Å². The molecule has 1 amide bonds. The Balaban J connectivity index is 1.55. The van der Waals surface area contributed by atoms with E-state index in [-0.39, 0.29) is 11.5 Å². The zero-order chi connectivity index (χ0) is 25.4. The van der Waals surface area contributed by atoms with Gasteiger partial charge in [-0.05, 0) is 56.2 Å². The molecule has 0 aliphatic carbocycles. The molecule has 2 aliphatic heterocycles. The normalized spacial score (nSPS) is 18.6. The molecule has 1 aromatic heterocycles. The first-order valence-electron chi connectivity index (χ1n) is 11.8. The van der Waals surface area contributed by atoms with Crippen LogP contribution in [0.1, 0.15) is 20.8 Å². The van der Waals surface area contributed by atoms with Crippen LogP contribution in [0.2, 0.25) is 0 Å². The maximum Gasteiger partial charge on any atom is 0.269 e. The predicted molar refractivity (Wildman–Crippen MR) is 158 cm³/mol. The molecule has 3 aromatic rings. The lowest BCUT2D eigenvalue weighted by molar-refractivity contribution is -0.120. The van der Waals surface area contributed by atoms with E-state index < -0.39 is 0 Å². The van der Waals surface area contributed by atoms with Gasteiger partial charge < -0.3 is 4.90 Å². The van der Waals surface area contributed by atoms with Crippen LogP contribution in [0.25, 0.3) is 22.1 Å². The minimum Gasteiger partial charge on any atom is -0.335 e. The number of allylic oxidation sites excluding steroid dienone is 1. The monoisotopic (exact) mass is 551 g/mol. The fourth-order valence-electron chi connectivity index (χ4n) is 4.30. The number of thiazole rings is 1. The fourth-order valence-corrected chi connectivity index (χ4v) is 8.05. The topological polar surface area (TPSA) is 45.6 Å². The summed E-state index contributed by atoms with van der Waals surface area (Å²) in [6.07, 6.45) is 3.91. The van der Waals surface area contributed by atoms with Crippen LogP contribution in [-0.2, 0) is 11.3 Å². The lowest BCUT2D eigenvalue weighted by Gasteiger charge is -2.18. The van der Waals surface area contributed by atoms with Crippen LogP contribution in [0.3, 0.4) is 0 Å². The molecule has 5 nitrogen and oxygen atoms in total. The van der Waals surface area contributed by atoms with Crippen molar-refractivity contribution < 1.29 is 4.79 Å². The molecule has 2 aromatic carbocycles. The van der Waals surface area contributed by atoms with E-state index in [2.05, 4.69) is 54.3 Å². The molecule has 0 unspecified atom stereocenters. The van der Waals surface area contributed by atoms with Crippen molar-refractivity contribution in [1.29, 1.82) is 0 Å². The summed E-state index contributed by atoms with van der Waals surface area (Å²) in [5.41, 5.74) is 3.47. The predicted octanol–water partition coefficient (Wildman–Crippen LogP) is 4.84. The van der Waals surface area contributed by atoms with Crippen LogP contribution in [0.5, 0.6) is 0 Å². The Morgan fingerprint density at radius 1 is 0.861 bits per heavy atom. The summed E-state index contributed by atoms with van der Waals surface area (Å²) in [6.45, 7) is 7.80. The number of nitrogens with zero attached hydrogens (tertiary/aromatic N) is 3. The van der Waals surface area contributed by atoms with Crippen molar-refractivity contribution in [3.8, 4) is 11.1 Å². The lowest BCUT2D eigenvalue weighted by Crippen LogP contribution is -2.33. The first-order valence-corrected chi connectivity index (χ1v) is 14.7. The van der Waals surface area contributed by atoms with Gasteiger partial charge in [0, 0.05) is 24.5 Å². The molecule has 2 aliphatic rings. The maximum absolute atomic E-state index is 13.2. The molecule has 1 saturated heterocycles. The molecule has 0 spiro atoms. The molecule has 0 atom stereocenters. The average molecular weight is 552 g/mol. The number of anilines is 1. The van der Waals surface area contributed by atoms with Gasteiger partial charge in [0.25, 0.3) is 11.5 Å². The second-order valence-corrected chi connectivity index (χ2v) is 11.9. The van der Waals surface area contributed by atoms with Gasteiger partial charge in [-0.1, -0.05) is 72.1 Å². The molecule has 0 bridgehead atoms. The standard InChI is InChI=1S/C27H25N3O2S4/c1-4-28-19-16-18(17-10-8-7-9-11-17)12-13-20(19)34-22(28)15-14-21-24(31)29(5-2)26(35-21)23-25(32)30(6-3)27(33)36-23/h7-16H,4-6H2,1-3H3/b21-14-,22-15?,26-23?. The number of carbonyl (C=O) groups excluding carboxylic acids is 1. The number of benzene rings is 2. The summed E-state index contributed by atoms with van der Waals surface area (Å²) >= 11 is 9.73. The number of hydrogen-bond donors (Lipinski definition) is 0. The molecule has 0 radical (unpaired) electrons. The van der Waals surface area contributed by atoms with Gasteiger partial charge in [-0.2, -0.15) is 0 Å². The molecule has 0 N–H and O–H groups in total. The third kappa shape index (κ3) is 4.38. The largest absolute Gasteiger partial charge is 0.335 e. The minimum absolute atomic E-state index is 0.0777. The number of thioether (sulfide) groups is 2. The SMILES string of the molecule is CCN1C(=O)C(=c2s/c(=C\C=C3Sc4ccc(-c5ccccc5)cc4N3CC)c(=O)n2CC)SC1=S. The fraction of sp³-hybridized carbons (Fsp3) is 0.222. The van der Waals surface area contributed by atoms with Crippen molar-refractivity contribution in [2.45, 2.75) is 32.2 Å². The van der Waals surface area contributed by atoms with Crippen molar-refractivity contribution in [2.24, 2.45) is 0 Å². The Bertz CT molecular complexity index is 1570. The van der Waals surface area contributed by atoms with Gasteiger partial charge in [0.2, 0.25) is 0 Å². The van der Waals surface area contributed by atoms with E-state index in [1.807, 2.05) is 32.1 Å². The zero-order valence-corrected chi connectivity index (χ0v) is 23.5. The number of carbonyl (C=O) groups is 1. The Kier molecular flexibility index (Phi) is 7.25. The van der Waals surface area contributed by atoms with Crippen molar-refractivity contribution in [3.63, 3.8) is 0 Å². The zero-order valence-electron chi connectivity index (χ0n) is 20.2. The molecule has 0 saturated carbocycles. The van der Waals surface area contributed by atoms with E-state index in [1.165, 1.54) is 44.8 Å². The van der Waals surface area contributed by atoms with Crippen LogP contribution < -0.4 is 19.7 Å². The minimum atomic E-state index is -0.117. The highest BCUT2D eigenvalue weighted by atomic mass is 32.2. The second-order valence-electron chi connectivity index (χ2n) is 8.13. The summed E-state index contributed by atoms with van der Waals surface area (Å²) < 4.78 is 3.51. The van der Waals surface area contributed by atoms with E-state index in [1.54, 1.807) is 21.2 Å². The molecular weight excluding hydrogens is 527 g/mol. The van der Waals surface area contributed by atoms with E-state index in [9.17, 15) is 9.59 Å². The van der Waals surface area contributed by atoms with Crippen LogP contribution in [0.4, 0.5) is 5.69 Å². The number of thiocarbonyl (C=S) groups is 1. The smallest absolute Gasteiger partial charge is 0.269 e. The van der Waals surface area contributed by atoms with E-state index in [0.717, 1.165) is 11.6 Å². The summed E-state index contributed by atoms with van der Waals surface area (Å²) in [6, 6.07) is 16.9. The molecule has 5 rings (SSSR count). The Hall–Kier alpha value is -2.59. The number of fused-ring (bicyclic) bond motifs is 1. The summed E-state index contributed by atoms with van der Waals surface area (Å²) in [4.78, 5) is 31.7. The van der Waals surface area contributed by atoms with Gasteiger partial charge in [0.15, 0.2) is 0 Å². The molecule has 184 valence electrons. The maximum atomic E-state index is 13.2. The number of hydrogen-bond acceptors (Lipinski definition) is 7. The van der Waals surface area contributed by atoms with Crippen molar-refractivity contribution >= 4 is 74.0 Å². The molecule has 1 fully saturated rings. The van der Waals surface area contributed by atoms with Gasteiger partial charge in [-0.25, -0.2) is 0 Å². The van der Waals surface area contributed by atoms with Crippen molar-refractivity contribution in [3.05, 3.63) is 79.2 Å². The summed E-state index contributed by atoms with van der Waals surface area (Å²) in [5, 5.41) is 1.08. The lowest BCUT2D eigenvalue weighted by atomic mass is 10.0. The molecule has 36 heavy (non-hydrogen) atoms. The third-order valence-electron chi connectivity index (χ3n) is 6.11. The van der Waals surface area contributed by atoms with Gasteiger partial charge >= 0.3 is 0 Å². The molecule has 9 heteroatoms. The van der Waals surface area contributed by atoms with Crippen LogP contribution in [0, 0.1) is 0 Å². The van der Waals surface area contributed by atoms with E-state index in [0.29, 0.717) is 31.5 Å². The van der Waals surface area contributed by atoms with Gasteiger partial charge in [0.1, 0.15) is 13.9 Å². The first kappa shape index (κ1) is 25.1. The van der Waals surface area contributed by atoms with Gasteiger partial charge in [-0.3, -0.25) is 19.1 Å². The number of amides is 1. The highest BCUT2D eigenvalue weighted by Gasteiger charge is 2.33. The number of aromatic nitrogens is 1. The highest BCUT2D eigenvalue weighted by Crippen LogP contribution is 2.47. The average Bonchev–Trinajstić information content (AvgIpc) is 3.51. The summed E-state index contributed by atoms with van der Waals surface area (Å²) in [7, 11) is 0. The second kappa shape index (κ2) is 10.4. The van der Waals surface area contributed by atoms with Gasteiger partial charge in [0.05, 0.1) is 15.2 Å². The van der Waals surface area contributed by atoms with E-state index >= 15 is 0 Å². The van der Waals surface area contributed by atoms with E-state index in [4.69, 9.17) is 12.2 Å². The Morgan fingerprint density at radius 3 is 2.28 bits per heavy atom. The molecular formula is C27H25N3O2S4.